The van der Waals surface area contributed by atoms with Gasteiger partial charge in [0, 0.05) is 72.7 Å². The van der Waals surface area contributed by atoms with E-state index in [1.807, 2.05) is 42.2 Å². The number of fused-ring (bicyclic) bond motifs is 1. The second kappa shape index (κ2) is 12.0. The van der Waals surface area contributed by atoms with Gasteiger partial charge >= 0.3 is 0 Å². The van der Waals surface area contributed by atoms with Gasteiger partial charge in [-0.1, -0.05) is 6.07 Å². The Hall–Kier alpha value is -4.22. The van der Waals surface area contributed by atoms with Crippen molar-refractivity contribution in [2.75, 3.05) is 48.8 Å². The fourth-order valence-electron chi connectivity index (χ4n) is 6.49. The van der Waals surface area contributed by atoms with Gasteiger partial charge in [-0.15, -0.1) is 0 Å². The Kier molecular flexibility index (Phi) is 7.82. The van der Waals surface area contributed by atoms with E-state index in [1.165, 1.54) is 25.7 Å². The quantitative estimate of drug-likeness (QED) is 0.178. The molecule has 2 saturated heterocycles. The van der Waals surface area contributed by atoms with Crippen LogP contribution >= 0.6 is 15.9 Å². The molecule has 5 aromatic rings. The van der Waals surface area contributed by atoms with Crippen LogP contribution in [0.4, 0.5) is 28.8 Å². The number of halogens is 1. The Bertz CT molecular complexity index is 1790. The Morgan fingerprint density at radius 2 is 1.82 bits per heavy atom. The monoisotopic (exact) mass is 653 g/mol. The average molecular weight is 655 g/mol. The van der Waals surface area contributed by atoms with Crippen molar-refractivity contribution in [2.24, 2.45) is 12.5 Å². The zero-order chi connectivity index (χ0) is 30.1. The third-order valence-electron chi connectivity index (χ3n) is 9.02. The number of nitrogens with zero attached hydrogens (tertiary/aromatic N) is 6. The first-order valence-corrected chi connectivity index (χ1v) is 15.9. The molecule has 10 nitrogen and oxygen atoms in total. The molecule has 2 fully saturated rings. The first-order chi connectivity index (χ1) is 21.5. The smallest absolute Gasteiger partial charge is 0.229 e. The van der Waals surface area contributed by atoms with Crippen molar-refractivity contribution in [3.63, 3.8) is 0 Å². The second-order valence-electron chi connectivity index (χ2n) is 11.8. The molecule has 226 valence electrons. The number of hydrogen-bond acceptors (Lipinski definition) is 9. The average Bonchev–Trinajstić information content (AvgIpc) is 3.49. The number of aryl methyl sites for hydroxylation is 1. The van der Waals surface area contributed by atoms with Crippen LogP contribution in [0, 0.1) is 5.41 Å². The minimum Gasteiger partial charge on any atom is -0.494 e. The molecule has 1 spiro atoms. The summed E-state index contributed by atoms with van der Waals surface area (Å²) in [6.07, 6.45) is 12.5. The third kappa shape index (κ3) is 5.81. The molecular weight excluding hydrogens is 618 g/mol. The van der Waals surface area contributed by atoms with E-state index in [2.05, 4.69) is 76.2 Å². The molecule has 3 aromatic heterocycles. The summed E-state index contributed by atoms with van der Waals surface area (Å²) in [5.74, 6) is 1.83. The summed E-state index contributed by atoms with van der Waals surface area (Å²) in [6.45, 7) is 4.31. The summed E-state index contributed by atoms with van der Waals surface area (Å²) in [4.78, 5) is 16.3. The topological polar surface area (TPSA) is 105 Å². The van der Waals surface area contributed by atoms with E-state index in [0.717, 1.165) is 75.5 Å². The van der Waals surface area contributed by atoms with Crippen LogP contribution in [-0.4, -0.2) is 58.0 Å². The number of rotatable bonds is 7. The maximum Gasteiger partial charge on any atom is 0.229 e. The van der Waals surface area contributed by atoms with Gasteiger partial charge in [0.25, 0.3) is 0 Å². The van der Waals surface area contributed by atoms with E-state index in [-0.39, 0.29) is 0 Å². The van der Waals surface area contributed by atoms with E-state index >= 15 is 0 Å². The van der Waals surface area contributed by atoms with Crippen LogP contribution in [0.1, 0.15) is 25.7 Å². The number of benzene rings is 2. The predicted octanol–water partition coefficient (Wildman–Crippen LogP) is 6.65. The minimum absolute atomic E-state index is 0.451. The van der Waals surface area contributed by atoms with Gasteiger partial charge in [0.05, 0.1) is 29.0 Å². The number of aromatic nitrogens is 5. The zero-order valence-electron chi connectivity index (χ0n) is 25.0. The van der Waals surface area contributed by atoms with Crippen molar-refractivity contribution in [1.29, 1.82) is 0 Å². The minimum atomic E-state index is 0.451. The summed E-state index contributed by atoms with van der Waals surface area (Å²) >= 11 is 3.61. The predicted molar refractivity (Wildman–Crippen MR) is 179 cm³/mol. The van der Waals surface area contributed by atoms with E-state index in [1.54, 1.807) is 19.5 Å². The largest absolute Gasteiger partial charge is 0.494 e. The lowest BCUT2D eigenvalue weighted by Gasteiger charge is -2.45. The third-order valence-corrected chi connectivity index (χ3v) is 9.60. The Morgan fingerprint density at radius 1 is 0.977 bits per heavy atom. The normalized spacial score (nSPS) is 16.3. The van der Waals surface area contributed by atoms with Crippen molar-refractivity contribution >= 4 is 55.7 Å². The Morgan fingerprint density at radius 3 is 2.59 bits per heavy atom. The van der Waals surface area contributed by atoms with Crippen LogP contribution in [-0.2, 0) is 7.05 Å². The van der Waals surface area contributed by atoms with Gasteiger partial charge in [-0.3, -0.25) is 9.67 Å². The number of pyridine rings is 1. The van der Waals surface area contributed by atoms with E-state index < -0.39 is 0 Å². The summed E-state index contributed by atoms with van der Waals surface area (Å²) in [5, 5.41) is 15.9. The van der Waals surface area contributed by atoms with Crippen molar-refractivity contribution in [3.05, 3.63) is 71.7 Å². The molecule has 0 bridgehead atoms. The SMILES string of the molecule is COc1cc(N2CCC3(CCNCC3)CC2)c(-c2cnn(C)c2)cc1Nc1ncc(Br)c(Nc2ccc3ncccc3c2)n1. The molecule has 7 rings (SSSR count). The molecule has 0 unspecified atom stereocenters. The van der Waals surface area contributed by atoms with Gasteiger partial charge in [0.2, 0.25) is 5.95 Å². The van der Waals surface area contributed by atoms with Gasteiger partial charge in [-0.05, 0) is 90.4 Å². The van der Waals surface area contributed by atoms with Crippen LogP contribution in [0.25, 0.3) is 22.0 Å². The van der Waals surface area contributed by atoms with Gasteiger partial charge in [-0.25, -0.2) is 4.98 Å². The summed E-state index contributed by atoms with van der Waals surface area (Å²) in [6, 6.07) is 14.3. The summed E-state index contributed by atoms with van der Waals surface area (Å²) in [5.41, 5.74) is 6.42. The van der Waals surface area contributed by atoms with Gasteiger partial charge < -0.3 is 25.6 Å². The highest BCUT2D eigenvalue weighted by Gasteiger charge is 2.36. The standard InChI is InChI=1S/C33H36BrN9O/c1-42-21-23(19-38-42)25-17-28(30(44-2)18-29(25)43-14-9-33(10-15-43)7-12-35-13-8-33)40-32-37-20-26(34)31(41-32)39-24-5-6-27-22(16-24)4-3-11-36-27/h3-6,11,16-21,35H,7-10,12-15H2,1-2H3,(H2,37,39,40,41). The van der Waals surface area contributed by atoms with Crippen LogP contribution in [0.15, 0.2) is 71.7 Å². The van der Waals surface area contributed by atoms with Crippen molar-refractivity contribution in [1.82, 2.24) is 30.0 Å². The highest BCUT2D eigenvalue weighted by Crippen LogP contribution is 2.45. The molecule has 44 heavy (non-hydrogen) atoms. The lowest BCUT2D eigenvalue weighted by molar-refractivity contribution is 0.155. The maximum absolute atomic E-state index is 5.94. The molecule has 11 heteroatoms. The Labute approximate surface area is 265 Å². The number of ether oxygens (including phenoxy) is 1. The molecule has 0 saturated carbocycles. The molecule has 0 atom stereocenters. The van der Waals surface area contributed by atoms with E-state index in [9.17, 15) is 0 Å². The second-order valence-corrected chi connectivity index (χ2v) is 12.6. The fraction of sp³-hybridized carbons (Fsp3) is 0.333. The first kappa shape index (κ1) is 28.5. The summed E-state index contributed by atoms with van der Waals surface area (Å²) < 4.78 is 8.54. The maximum atomic E-state index is 5.94. The van der Waals surface area contributed by atoms with Crippen molar-refractivity contribution < 1.29 is 4.74 Å². The van der Waals surface area contributed by atoms with E-state index in [4.69, 9.17) is 9.72 Å². The van der Waals surface area contributed by atoms with Crippen molar-refractivity contribution in [2.45, 2.75) is 25.7 Å². The molecule has 2 aliphatic rings. The lowest BCUT2D eigenvalue weighted by Crippen LogP contribution is -2.45. The molecule has 2 aliphatic heterocycles. The van der Waals surface area contributed by atoms with Crippen LogP contribution in [0.3, 0.4) is 0 Å². The number of piperidine rings is 2. The van der Waals surface area contributed by atoms with Gasteiger partial charge in [0.1, 0.15) is 11.6 Å². The molecule has 0 radical (unpaired) electrons. The number of methoxy groups -OCH3 is 1. The zero-order valence-corrected chi connectivity index (χ0v) is 26.6. The molecular formula is C33H36BrN9O. The number of hydrogen-bond donors (Lipinski definition) is 3. The van der Waals surface area contributed by atoms with Crippen molar-refractivity contribution in [3.8, 4) is 16.9 Å². The van der Waals surface area contributed by atoms with Gasteiger partial charge in [0.15, 0.2) is 0 Å². The lowest BCUT2D eigenvalue weighted by atomic mass is 9.71. The summed E-state index contributed by atoms with van der Waals surface area (Å²) in [7, 11) is 3.65. The van der Waals surface area contributed by atoms with Crippen LogP contribution in [0.2, 0.25) is 0 Å². The Balaban J connectivity index is 1.19. The van der Waals surface area contributed by atoms with Crippen LogP contribution < -0.4 is 25.6 Å². The number of anilines is 5. The number of nitrogens with one attached hydrogen (secondary N) is 3. The van der Waals surface area contributed by atoms with Gasteiger partial charge in [-0.2, -0.15) is 10.1 Å². The van der Waals surface area contributed by atoms with Crippen LogP contribution in [0.5, 0.6) is 5.75 Å². The van der Waals surface area contributed by atoms with E-state index in [0.29, 0.717) is 17.2 Å². The fourth-order valence-corrected chi connectivity index (χ4v) is 6.78. The highest BCUT2D eigenvalue weighted by atomic mass is 79.9. The first-order valence-electron chi connectivity index (χ1n) is 15.1. The molecule has 0 amide bonds. The molecule has 5 heterocycles. The molecule has 0 aliphatic carbocycles. The molecule has 2 aromatic carbocycles. The molecule has 3 N–H and O–H groups in total. The highest BCUT2D eigenvalue weighted by molar-refractivity contribution is 9.10.